The van der Waals surface area contributed by atoms with Gasteiger partial charge in [0.1, 0.15) is 5.75 Å². The second-order valence-corrected chi connectivity index (χ2v) is 6.99. The average molecular weight is 334 g/mol. The van der Waals surface area contributed by atoms with Gasteiger partial charge < -0.3 is 10.1 Å². The van der Waals surface area contributed by atoms with E-state index in [0.29, 0.717) is 0 Å². The number of ether oxygens (including phenoxy) is 1. The van der Waals surface area contributed by atoms with Crippen molar-refractivity contribution in [1.82, 2.24) is 5.32 Å². The molecule has 1 aromatic carbocycles. The van der Waals surface area contributed by atoms with Crippen LogP contribution in [-0.4, -0.2) is 29.4 Å². The van der Waals surface area contributed by atoms with Crippen LogP contribution in [-0.2, 0) is 10.8 Å². The number of methoxy groups -OCH3 is 1. The Kier molecular flexibility index (Phi) is 6.32. The molecule has 102 valence electrons. The summed E-state index contributed by atoms with van der Waals surface area (Å²) in [6.45, 7) is 4.83. The van der Waals surface area contributed by atoms with Gasteiger partial charge in [-0.1, -0.05) is 6.07 Å². The van der Waals surface area contributed by atoms with Crippen molar-refractivity contribution in [1.29, 1.82) is 0 Å². The van der Waals surface area contributed by atoms with E-state index in [1.165, 1.54) is 5.56 Å². The maximum atomic E-state index is 11.3. The van der Waals surface area contributed by atoms with E-state index in [1.54, 1.807) is 13.4 Å². The van der Waals surface area contributed by atoms with Crippen LogP contribution in [0.4, 0.5) is 0 Å². The van der Waals surface area contributed by atoms with Crippen molar-refractivity contribution in [2.45, 2.75) is 25.1 Å². The zero-order valence-electron chi connectivity index (χ0n) is 11.2. The first-order valence-electron chi connectivity index (χ1n) is 5.84. The number of halogens is 1. The van der Waals surface area contributed by atoms with E-state index in [1.807, 2.05) is 25.1 Å². The minimum absolute atomic E-state index is 0.161. The van der Waals surface area contributed by atoms with Gasteiger partial charge in [0, 0.05) is 34.9 Å². The van der Waals surface area contributed by atoms with Gasteiger partial charge in [-0.05, 0) is 47.5 Å². The number of hydrogen-bond acceptors (Lipinski definition) is 3. The molecule has 0 spiro atoms. The van der Waals surface area contributed by atoms with E-state index < -0.39 is 10.8 Å². The highest BCUT2D eigenvalue weighted by Crippen LogP contribution is 2.27. The zero-order chi connectivity index (χ0) is 13.7. The largest absolute Gasteiger partial charge is 0.496 e. The highest BCUT2D eigenvalue weighted by atomic mass is 79.9. The predicted molar refractivity (Wildman–Crippen MR) is 80.6 cm³/mol. The second-order valence-electron chi connectivity index (χ2n) is 4.33. The van der Waals surface area contributed by atoms with Gasteiger partial charge in [0.15, 0.2) is 0 Å². The van der Waals surface area contributed by atoms with Crippen LogP contribution in [0.5, 0.6) is 5.75 Å². The first-order valence-corrected chi connectivity index (χ1v) is 8.26. The Morgan fingerprint density at radius 2 is 2.11 bits per heavy atom. The van der Waals surface area contributed by atoms with Crippen LogP contribution in [0.1, 0.15) is 25.5 Å². The highest BCUT2D eigenvalue weighted by Gasteiger charge is 2.11. The van der Waals surface area contributed by atoms with E-state index in [9.17, 15) is 4.21 Å². The van der Waals surface area contributed by atoms with Crippen molar-refractivity contribution in [2.75, 3.05) is 19.9 Å². The number of benzene rings is 1. The summed E-state index contributed by atoms with van der Waals surface area (Å²) in [4.78, 5) is 0. The van der Waals surface area contributed by atoms with Gasteiger partial charge in [-0.25, -0.2) is 0 Å². The zero-order valence-corrected chi connectivity index (χ0v) is 13.6. The molecule has 0 aliphatic rings. The Morgan fingerprint density at radius 1 is 1.44 bits per heavy atom. The third-order valence-corrected chi connectivity index (χ3v) is 4.87. The normalized spacial score (nSPS) is 16.1. The Morgan fingerprint density at radius 3 is 2.61 bits per heavy atom. The molecule has 0 aliphatic carbocycles. The summed E-state index contributed by atoms with van der Waals surface area (Å²) in [5.74, 6) is 0.828. The van der Waals surface area contributed by atoms with Gasteiger partial charge in [-0.3, -0.25) is 4.21 Å². The molecule has 0 fully saturated rings. The van der Waals surface area contributed by atoms with Crippen molar-refractivity contribution in [2.24, 2.45) is 0 Å². The summed E-state index contributed by atoms with van der Waals surface area (Å²) in [7, 11) is 0.868. The van der Waals surface area contributed by atoms with Crippen molar-refractivity contribution in [3.8, 4) is 5.75 Å². The summed E-state index contributed by atoms with van der Waals surface area (Å²) in [6.07, 6.45) is 1.74. The fourth-order valence-corrected chi connectivity index (χ4v) is 2.42. The number of nitrogens with one attached hydrogen (secondary N) is 1. The first-order chi connectivity index (χ1) is 8.45. The molecule has 1 rings (SSSR count). The van der Waals surface area contributed by atoms with Gasteiger partial charge in [-0.15, -0.1) is 0 Å². The van der Waals surface area contributed by atoms with Gasteiger partial charge >= 0.3 is 0 Å². The molecule has 3 unspecified atom stereocenters. The molecule has 0 bridgehead atoms. The smallest absolute Gasteiger partial charge is 0.133 e. The van der Waals surface area contributed by atoms with Gasteiger partial charge in [-0.2, -0.15) is 0 Å². The molecule has 0 saturated heterocycles. The summed E-state index contributed by atoms with van der Waals surface area (Å²) >= 11 is 3.48. The standard InChI is InChI=1S/C13H20BrNO2S/c1-9(18(4)16)8-15-10(2)11-5-6-13(17-3)12(14)7-11/h5-7,9-10,15H,8H2,1-4H3. The second kappa shape index (κ2) is 7.26. The Labute approximate surface area is 120 Å². The lowest BCUT2D eigenvalue weighted by molar-refractivity contribution is 0.411. The predicted octanol–water partition coefficient (Wildman–Crippen LogP) is 2.88. The van der Waals surface area contributed by atoms with Gasteiger partial charge in [0.2, 0.25) is 0 Å². The summed E-state index contributed by atoms with van der Waals surface area (Å²) in [5.41, 5.74) is 1.18. The van der Waals surface area contributed by atoms with E-state index in [-0.39, 0.29) is 11.3 Å². The average Bonchev–Trinajstić information content (AvgIpc) is 2.35. The maximum Gasteiger partial charge on any atom is 0.133 e. The van der Waals surface area contributed by atoms with E-state index in [0.717, 1.165) is 16.8 Å². The fourth-order valence-electron chi connectivity index (χ4n) is 1.53. The number of rotatable bonds is 6. The van der Waals surface area contributed by atoms with Crippen molar-refractivity contribution in [3.63, 3.8) is 0 Å². The molecular formula is C13H20BrNO2S. The maximum absolute atomic E-state index is 11.3. The van der Waals surface area contributed by atoms with Crippen molar-refractivity contribution >= 4 is 26.7 Å². The molecule has 0 aromatic heterocycles. The van der Waals surface area contributed by atoms with Gasteiger partial charge in [0.25, 0.3) is 0 Å². The summed E-state index contributed by atoms with van der Waals surface area (Å²) < 4.78 is 17.4. The Hall–Kier alpha value is -0.390. The fraction of sp³-hybridized carbons (Fsp3) is 0.538. The molecule has 0 amide bonds. The van der Waals surface area contributed by atoms with Crippen LogP contribution in [0.15, 0.2) is 22.7 Å². The van der Waals surface area contributed by atoms with Gasteiger partial charge in [0.05, 0.1) is 11.6 Å². The third kappa shape index (κ3) is 4.37. The molecule has 1 N–H and O–H groups in total. The summed E-state index contributed by atoms with van der Waals surface area (Å²) in [6, 6.07) is 6.25. The number of hydrogen-bond donors (Lipinski definition) is 1. The molecule has 3 atom stereocenters. The van der Waals surface area contributed by atoms with Crippen molar-refractivity contribution < 1.29 is 8.95 Å². The lowest BCUT2D eigenvalue weighted by Crippen LogP contribution is -2.29. The molecule has 0 heterocycles. The molecule has 0 saturated carbocycles. The van der Waals surface area contributed by atoms with Crippen LogP contribution in [0.3, 0.4) is 0 Å². The Balaban J connectivity index is 2.64. The van der Waals surface area contributed by atoms with Crippen LogP contribution in [0.25, 0.3) is 0 Å². The van der Waals surface area contributed by atoms with Crippen LogP contribution < -0.4 is 10.1 Å². The van der Waals surface area contributed by atoms with Crippen molar-refractivity contribution in [3.05, 3.63) is 28.2 Å². The van der Waals surface area contributed by atoms with Crippen LogP contribution in [0, 0.1) is 0 Å². The van der Waals surface area contributed by atoms with E-state index in [2.05, 4.69) is 28.2 Å². The quantitative estimate of drug-likeness (QED) is 0.869. The molecule has 5 heteroatoms. The van der Waals surface area contributed by atoms with E-state index >= 15 is 0 Å². The molecule has 0 aliphatic heterocycles. The first kappa shape index (κ1) is 15.7. The Bertz CT molecular complexity index is 425. The lowest BCUT2D eigenvalue weighted by Gasteiger charge is -2.17. The van der Waals surface area contributed by atoms with Crippen LogP contribution >= 0.6 is 15.9 Å². The topological polar surface area (TPSA) is 38.3 Å². The lowest BCUT2D eigenvalue weighted by atomic mass is 10.1. The monoisotopic (exact) mass is 333 g/mol. The molecular weight excluding hydrogens is 314 g/mol. The SMILES string of the molecule is COc1ccc(C(C)NCC(C)S(C)=O)cc1Br. The van der Waals surface area contributed by atoms with E-state index in [4.69, 9.17) is 4.74 Å². The summed E-state index contributed by atoms with van der Waals surface area (Å²) in [5, 5.41) is 3.55. The molecule has 3 nitrogen and oxygen atoms in total. The third-order valence-electron chi connectivity index (χ3n) is 2.95. The van der Waals surface area contributed by atoms with Crippen LogP contribution in [0.2, 0.25) is 0 Å². The molecule has 18 heavy (non-hydrogen) atoms. The molecule has 0 radical (unpaired) electrons. The molecule has 1 aromatic rings. The highest BCUT2D eigenvalue weighted by molar-refractivity contribution is 9.10. The minimum Gasteiger partial charge on any atom is -0.496 e. The minimum atomic E-state index is -0.784.